The van der Waals surface area contributed by atoms with Gasteiger partial charge in [0, 0.05) is 23.6 Å². The summed E-state index contributed by atoms with van der Waals surface area (Å²) in [5, 5.41) is 11.7. The number of aliphatic hydroxyl groups is 1. The first-order valence-corrected chi connectivity index (χ1v) is 11.4. The molecule has 9 heteroatoms. The van der Waals surface area contributed by atoms with Crippen molar-refractivity contribution < 1.29 is 28.7 Å². The van der Waals surface area contributed by atoms with Crippen LogP contribution in [-0.4, -0.2) is 46.4 Å². The minimum atomic E-state index is -0.761. The van der Waals surface area contributed by atoms with Gasteiger partial charge >= 0.3 is 0 Å². The summed E-state index contributed by atoms with van der Waals surface area (Å²) in [6, 6.07) is 11.2. The van der Waals surface area contributed by atoms with Crippen LogP contribution >= 0.6 is 11.6 Å². The number of H-pyrrole nitrogens is 1. The third kappa shape index (κ3) is 4.12. The molecule has 2 aliphatic heterocycles. The summed E-state index contributed by atoms with van der Waals surface area (Å²) < 4.78 is 13.1. The van der Waals surface area contributed by atoms with Gasteiger partial charge in [-0.3, -0.25) is 14.6 Å². The van der Waals surface area contributed by atoms with E-state index in [1.54, 1.807) is 42.5 Å². The van der Waals surface area contributed by atoms with Crippen LogP contribution in [0.3, 0.4) is 0 Å². The van der Waals surface area contributed by atoms with Gasteiger partial charge in [0.25, 0.3) is 11.7 Å². The predicted octanol–water partition coefficient (Wildman–Crippen LogP) is 3.24. The monoisotopic (exact) mass is 480 g/mol. The molecule has 1 unspecified atom stereocenters. The number of aromatic nitrogens is 2. The van der Waals surface area contributed by atoms with Gasteiger partial charge in [-0.05, 0) is 35.9 Å². The molecule has 0 radical (unpaired) electrons. The van der Waals surface area contributed by atoms with Crippen LogP contribution in [0.4, 0.5) is 0 Å². The maximum Gasteiger partial charge on any atom is 0.295 e. The Morgan fingerprint density at radius 3 is 2.74 bits per heavy atom. The zero-order valence-corrected chi connectivity index (χ0v) is 19.0. The Kier molecular flexibility index (Phi) is 5.98. The lowest BCUT2D eigenvalue weighted by Crippen LogP contribution is -2.36. The van der Waals surface area contributed by atoms with E-state index in [1.807, 2.05) is 23.3 Å². The number of benzene rings is 2. The van der Waals surface area contributed by atoms with E-state index in [1.165, 1.54) is 4.90 Å². The van der Waals surface area contributed by atoms with Crippen molar-refractivity contribution in [3.8, 4) is 11.5 Å². The smallest absolute Gasteiger partial charge is 0.295 e. The third-order valence-electron chi connectivity index (χ3n) is 5.94. The molecule has 0 saturated carbocycles. The number of halogens is 1. The van der Waals surface area contributed by atoms with Gasteiger partial charge < -0.3 is 19.5 Å². The Bertz CT molecular complexity index is 1270. The molecule has 34 heavy (non-hydrogen) atoms. The van der Waals surface area contributed by atoms with Crippen LogP contribution in [0.25, 0.3) is 5.76 Å². The first-order valence-electron chi connectivity index (χ1n) is 11.0. The van der Waals surface area contributed by atoms with Gasteiger partial charge in [0.15, 0.2) is 11.5 Å². The number of imidazole rings is 1. The Labute approximate surface area is 201 Å². The molecule has 3 aromatic rings. The molecule has 1 atom stereocenters. The van der Waals surface area contributed by atoms with Crippen LogP contribution in [0.5, 0.6) is 11.5 Å². The van der Waals surface area contributed by atoms with Crippen LogP contribution in [0.15, 0.2) is 66.8 Å². The first kappa shape index (κ1) is 22.0. The SMILES string of the molecule is O=C1C(=O)N(CCC[n+]2cc[nH]c2)C(c2cccc(Cl)c2)/C1=C(\O)c1ccc2c(c1)OCCO2. The van der Waals surface area contributed by atoms with Gasteiger partial charge in [0.2, 0.25) is 6.33 Å². The molecule has 2 aromatic carbocycles. The van der Waals surface area contributed by atoms with Crippen molar-refractivity contribution in [1.29, 1.82) is 0 Å². The van der Waals surface area contributed by atoms with E-state index in [2.05, 4.69) is 4.98 Å². The Morgan fingerprint density at radius 2 is 1.97 bits per heavy atom. The molecular weight excluding hydrogens is 458 g/mol. The molecule has 174 valence electrons. The Balaban J connectivity index is 1.54. The highest BCUT2D eigenvalue weighted by molar-refractivity contribution is 6.46. The molecule has 1 amide bonds. The highest BCUT2D eigenvalue weighted by Crippen LogP contribution is 2.41. The molecule has 0 bridgehead atoms. The predicted molar refractivity (Wildman–Crippen MR) is 123 cm³/mol. The zero-order valence-electron chi connectivity index (χ0n) is 18.2. The number of aromatic amines is 1. The lowest BCUT2D eigenvalue weighted by atomic mass is 9.95. The zero-order chi connectivity index (χ0) is 23.7. The quantitative estimate of drug-likeness (QED) is 0.244. The van der Waals surface area contributed by atoms with Gasteiger partial charge in [-0.15, -0.1) is 0 Å². The van der Waals surface area contributed by atoms with Crippen molar-refractivity contribution in [2.24, 2.45) is 0 Å². The molecule has 5 rings (SSSR count). The van der Waals surface area contributed by atoms with Crippen LogP contribution in [-0.2, 0) is 16.1 Å². The number of ketones is 1. The average Bonchev–Trinajstić information content (AvgIpc) is 3.45. The van der Waals surface area contributed by atoms with E-state index in [-0.39, 0.29) is 11.3 Å². The number of nitrogens with one attached hydrogen (secondary N) is 1. The summed E-state index contributed by atoms with van der Waals surface area (Å²) >= 11 is 6.24. The molecule has 0 spiro atoms. The fourth-order valence-corrected chi connectivity index (χ4v) is 4.56. The fourth-order valence-electron chi connectivity index (χ4n) is 4.36. The highest BCUT2D eigenvalue weighted by atomic mass is 35.5. The molecule has 2 aliphatic rings. The number of ether oxygens (including phenoxy) is 2. The van der Waals surface area contributed by atoms with E-state index in [0.717, 1.165) is 0 Å². The second-order valence-corrected chi connectivity index (χ2v) is 8.55. The number of fused-ring (bicyclic) bond motifs is 1. The lowest BCUT2D eigenvalue weighted by molar-refractivity contribution is -0.695. The molecule has 1 saturated heterocycles. The number of Topliss-reactive ketones (excluding diaryl/α,β-unsaturated/α-hetero) is 1. The van der Waals surface area contributed by atoms with Gasteiger partial charge in [-0.2, -0.15) is 0 Å². The maximum atomic E-state index is 13.2. The largest absolute Gasteiger partial charge is 0.507 e. The Hall–Kier alpha value is -3.78. The van der Waals surface area contributed by atoms with E-state index >= 15 is 0 Å². The number of nitrogens with zero attached hydrogens (tertiary/aromatic N) is 2. The second-order valence-electron chi connectivity index (χ2n) is 8.11. The molecule has 2 N–H and O–H groups in total. The summed E-state index contributed by atoms with van der Waals surface area (Å²) in [5.41, 5.74) is 1.05. The van der Waals surface area contributed by atoms with E-state index in [9.17, 15) is 14.7 Å². The van der Waals surface area contributed by atoms with Crippen LogP contribution < -0.4 is 14.0 Å². The van der Waals surface area contributed by atoms with E-state index in [0.29, 0.717) is 60.4 Å². The number of likely N-dealkylation sites (tertiary alicyclic amines) is 1. The normalized spacial score (nSPS) is 19.0. The number of carbonyl (C=O) groups is 2. The van der Waals surface area contributed by atoms with Crippen molar-refractivity contribution in [3.63, 3.8) is 0 Å². The summed E-state index contributed by atoms with van der Waals surface area (Å²) in [5.74, 6) is -0.595. The minimum absolute atomic E-state index is 0.0261. The topological polar surface area (TPSA) is 95.7 Å². The van der Waals surface area contributed by atoms with Gasteiger partial charge in [-0.25, -0.2) is 4.57 Å². The number of carbonyl (C=O) groups excluding carboxylic acids is 2. The van der Waals surface area contributed by atoms with Crippen LogP contribution in [0.1, 0.15) is 23.6 Å². The standard InChI is InChI=1S/C25H22ClN3O5/c26-18-4-1-3-16(13-18)22-21(23(30)17-5-6-19-20(14-17)34-12-11-33-19)24(31)25(32)29(22)9-2-8-28-10-7-27-15-28/h1,3-7,10,13-15,22H,2,8-9,11-12H2,(H,30,31)/p+1. The number of aliphatic hydroxyl groups excluding tert-OH is 1. The number of amides is 1. The van der Waals surface area contributed by atoms with Crippen molar-refractivity contribution in [3.05, 3.63) is 82.9 Å². The molecular formula is C25H23ClN3O5+. The van der Waals surface area contributed by atoms with Gasteiger partial charge in [-0.1, -0.05) is 23.7 Å². The number of hydrogen-bond acceptors (Lipinski definition) is 5. The Morgan fingerprint density at radius 1 is 1.15 bits per heavy atom. The van der Waals surface area contributed by atoms with Crippen LogP contribution in [0, 0.1) is 0 Å². The minimum Gasteiger partial charge on any atom is -0.507 e. The van der Waals surface area contributed by atoms with E-state index in [4.69, 9.17) is 21.1 Å². The summed E-state index contributed by atoms with van der Waals surface area (Å²) in [6.45, 7) is 1.83. The van der Waals surface area contributed by atoms with Crippen molar-refractivity contribution in [2.45, 2.75) is 19.0 Å². The first-order chi connectivity index (χ1) is 16.5. The summed E-state index contributed by atoms with van der Waals surface area (Å²) in [7, 11) is 0. The molecule has 0 aliphatic carbocycles. The van der Waals surface area contributed by atoms with Crippen LogP contribution in [0.2, 0.25) is 5.02 Å². The van der Waals surface area contributed by atoms with Gasteiger partial charge in [0.1, 0.15) is 31.4 Å². The number of aryl methyl sites for hydroxylation is 1. The summed E-state index contributed by atoms with van der Waals surface area (Å²) in [6.07, 6.45) is 6.15. The number of hydrogen-bond donors (Lipinski definition) is 2. The number of rotatable bonds is 6. The molecule has 1 aromatic heterocycles. The molecule has 1 fully saturated rings. The van der Waals surface area contributed by atoms with Crippen molar-refractivity contribution in [2.75, 3.05) is 19.8 Å². The third-order valence-corrected chi connectivity index (χ3v) is 6.17. The van der Waals surface area contributed by atoms with Crippen molar-refractivity contribution >= 4 is 29.1 Å². The maximum absolute atomic E-state index is 13.2. The highest BCUT2D eigenvalue weighted by Gasteiger charge is 2.46. The average molecular weight is 481 g/mol. The van der Waals surface area contributed by atoms with E-state index < -0.39 is 17.7 Å². The summed E-state index contributed by atoms with van der Waals surface area (Å²) in [4.78, 5) is 30.7. The lowest BCUT2D eigenvalue weighted by Gasteiger charge is -2.25. The van der Waals surface area contributed by atoms with Crippen molar-refractivity contribution in [1.82, 2.24) is 9.88 Å². The molecule has 3 heterocycles. The fraction of sp³-hybridized carbons (Fsp3) is 0.240. The molecule has 8 nitrogen and oxygen atoms in total. The van der Waals surface area contributed by atoms with Gasteiger partial charge in [0.05, 0.1) is 18.2 Å². The second kappa shape index (κ2) is 9.23.